The molecule has 0 atom stereocenters. The topological polar surface area (TPSA) is 59.0 Å². The van der Waals surface area contributed by atoms with Crippen LogP contribution in [0.3, 0.4) is 0 Å². The average molecular weight is 257 g/mol. The predicted octanol–water partition coefficient (Wildman–Crippen LogP) is 0.979. The van der Waals surface area contributed by atoms with E-state index in [-0.39, 0.29) is 0 Å². The molecule has 5 heteroatoms. The number of hydrogen-bond acceptors (Lipinski definition) is 4. The minimum Gasteiger partial charge on any atom is -0.481 e. The van der Waals surface area contributed by atoms with Gasteiger partial charge < -0.3 is 19.5 Å². The van der Waals surface area contributed by atoms with Crippen molar-refractivity contribution in [3.05, 3.63) is 0 Å². The lowest BCUT2D eigenvalue weighted by Gasteiger charge is -2.40. The summed E-state index contributed by atoms with van der Waals surface area (Å²) in [5.41, 5.74) is -0.620. The van der Waals surface area contributed by atoms with Crippen molar-refractivity contribution in [1.29, 1.82) is 0 Å². The maximum atomic E-state index is 11.6. The van der Waals surface area contributed by atoms with Crippen molar-refractivity contribution in [2.45, 2.75) is 31.7 Å². The lowest BCUT2D eigenvalue weighted by Crippen LogP contribution is -2.49. The summed E-state index contributed by atoms with van der Waals surface area (Å²) in [6.07, 6.45) is 3.25. The Morgan fingerprint density at radius 2 is 1.78 bits per heavy atom. The third-order valence-corrected chi connectivity index (χ3v) is 4.27. The maximum Gasteiger partial charge on any atom is 0.311 e. The Labute approximate surface area is 108 Å². The highest BCUT2D eigenvalue weighted by atomic mass is 16.5. The Bertz CT molecular complexity index is 283. The van der Waals surface area contributed by atoms with Gasteiger partial charge in [-0.2, -0.15) is 0 Å². The van der Waals surface area contributed by atoms with Crippen LogP contribution < -0.4 is 0 Å². The first kappa shape index (κ1) is 13.8. The van der Waals surface area contributed by atoms with Gasteiger partial charge in [0, 0.05) is 39.0 Å². The van der Waals surface area contributed by atoms with Crippen LogP contribution in [0.1, 0.15) is 25.7 Å². The molecule has 0 amide bonds. The molecule has 2 heterocycles. The standard InChI is InChI=1S/C13H23NO4/c1-14(11-2-6-17-7-3-11)10-13(12(15)16)4-8-18-9-5-13/h11H,2-10H2,1H3,(H,15,16). The molecular weight excluding hydrogens is 234 g/mol. The number of carbonyl (C=O) groups is 1. The summed E-state index contributed by atoms with van der Waals surface area (Å²) >= 11 is 0. The highest BCUT2D eigenvalue weighted by molar-refractivity contribution is 5.75. The number of rotatable bonds is 4. The van der Waals surface area contributed by atoms with Gasteiger partial charge in [-0.1, -0.05) is 0 Å². The van der Waals surface area contributed by atoms with E-state index in [1.165, 1.54) is 0 Å². The zero-order valence-corrected chi connectivity index (χ0v) is 11.1. The zero-order chi connectivity index (χ0) is 13.0. The zero-order valence-electron chi connectivity index (χ0n) is 11.1. The smallest absolute Gasteiger partial charge is 0.311 e. The van der Waals surface area contributed by atoms with Crippen LogP contribution in [-0.4, -0.2) is 62.0 Å². The van der Waals surface area contributed by atoms with Crippen molar-refractivity contribution in [2.75, 3.05) is 40.0 Å². The molecule has 0 spiro atoms. The average Bonchev–Trinajstić information content (AvgIpc) is 2.40. The molecule has 0 radical (unpaired) electrons. The van der Waals surface area contributed by atoms with E-state index in [9.17, 15) is 9.90 Å². The minimum atomic E-state index is -0.676. The SMILES string of the molecule is CN(CC1(C(=O)O)CCOCC1)C1CCOCC1. The van der Waals surface area contributed by atoms with E-state index in [1.54, 1.807) is 0 Å². The first-order valence-corrected chi connectivity index (χ1v) is 6.73. The van der Waals surface area contributed by atoms with E-state index in [0.717, 1.165) is 26.1 Å². The first-order chi connectivity index (χ1) is 8.64. The van der Waals surface area contributed by atoms with E-state index in [0.29, 0.717) is 38.6 Å². The summed E-state index contributed by atoms with van der Waals surface area (Å²) in [6, 6.07) is 0.456. The van der Waals surface area contributed by atoms with Crippen LogP contribution >= 0.6 is 0 Å². The van der Waals surface area contributed by atoms with Gasteiger partial charge in [-0.3, -0.25) is 4.79 Å². The summed E-state index contributed by atoms with van der Waals surface area (Å²) in [5.74, 6) is -0.676. The monoisotopic (exact) mass is 257 g/mol. The second kappa shape index (κ2) is 5.99. The van der Waals surface area contributed by atoms with Crippen molar-refractivity contribution >= 4 is 5.97 Å². The summed E-state index contributed by atoms with van der Waals surface area (Å²) in [6.45, 7) is 3.33. The van der Waals surface area contributed by atoms with Crippen molar-refractivity contribution in [3.8, 4) is 0 Å². The molecule has 0 aromatic rings. The van der Waals surface area contributed by atoms with Crippen molar-refractivity contribution in [1.82, 2.24) is 4.90 Å². The molecule has 1 N–H and O–H groups in total. The van der Waals surface area contributed by atoms with Gasteiger partial charge >= 0.3 is 5.97 Å². The third kappa shape index (κ3) is 3.02. The fourth-order valence-electron chi connectivity index (χ4n) is 2.93. The molecule has 2 aliphatic heterocycles. The van der Waals surface area contributed by atoms with Gasteiger partial charge in [-0.15, -0.1) is 0 Å². The van der Waals surface area contributed by atoms with Gasteiger partial charge in [0.05, 0.1) is 5.41 Å². The van der Waals surface area contributed by atoms with Crippen LogP contribution in [0.5, 0.6) is 0 Å². The molecule has 0 unspecified atom stereocenters. The second-order valence-electron chi connectivity index (χ2n) is 5.46. The second-order valence-corrected chi connectivity index (χ2v) is 5.46. The molecule has 5 nitrogen and oxygen atoms in total. The molecule has 2 saturated heterocycles. The minimum absolute atomic E-state index is 0.456. The van der Waals surface area contributed by atoms with Crippen LogP contribution in [0, 0.1) is 5.41 Å². The van der Waals surface area contributed by atoms with Crippen molar-refractivity contribution in [2.24, 2.45) is 5.41 Å². The quantitative estimate of drug-likeness (QED) is 0.813. The Kier molecular flexibility index (Phi) is 4.59. The number of nitrogens with zero attached hydrogens (tertiary/aromatic N) is 1. The lowest BCUT2D eigenvalue weighted by molar-refractivity contribution is -0.157. The summed E-state index contributed by atoms with van der Waals surface area (Å²) < 4.78 is 10.6. The number of carboxylic acids is 1. The molecule has 18 heavy (non-hydrogen) atoms. The molecular formula is C13H23NO4. The molecule has 2 rings (SSSR count). The van der Waals surface area contributed by atoms with Crippen LogP contribution in [-0.2, 0) is 14.3 Å². The predicted molar refractivity (Wildman–Crippen MR) is 66.6 cm³/mol. The van der Waals surface area contributed by atoms with E-state index in [1.807, 2.05) is 7.05 Å². The van der Waals surface area contributed by atoms with Crippen LogP contribution in [0.4, 0.5) is 0 Å². The van der Waals surface area contributed by atoms with E-state index in [2.05, 4.69) is 4.90 Å². The summed E-state index contributed by atoms with van der Waals surface area (Å²) in [5, 5.41) is 9.53. The normalized spacial score (nSPS) is 25.2. The maximum absolute atomic E-state index is 11.6. The van der Waals surface area contributed by atoms with Gasteiger partial charge in [0.2, 0.25) is 0 Å². The Balaban J connectivity index is 1.97. The van der Waals surface area contributed by atoms with E-state index in [4.69, 9.17) is 9.47 Å². The van der Waals surface area contributed by atoms with Crippen molar-refractivity contribution in [3.63, 3.8) is 0 Å². The molecule has 0 saturated carbocycles. The van der Waals surface area contributed by atoms with E-state index >= 15 is 0 Å². The van der Waals surface area contributed by atoms with Gasteiger partial charge in [-0.05, 0) is 32.7 Å². The van der Waals surface area contributed by atoms with Gasteiger partial charge in [0.1, 0.15) is 0 Å². The Morgan fingerprint density at radius 3 is 2.33 bits per heavy atom. The number of aliphatic carboxylic acids is 1. The Hall–Kier alpha value is -0.650. The molecule has 0 aromatic heterocycles. The van der Waals surface area contributed by atoms with Gasteiger partial charge in [0.25, 0.3) is 0 Å². The molecule has 104 valence electrons. The number of carboxylic acid groups (broad SMARTS) is 1. The van der Waals surface area contributed by atoms with Crippen LogP contribution in [0.2, 0.25) is 0 Å². The van der Waals surface area contributed by atoms with Crippen LogP contribution in [0.25, 0.3) is 0 Å². The molecule has 2 aliphatic rings. The number of hydrogen-bond donors (Lipinski definition) is 1. The van der Waals surface area contributed by atoms with Crippen LogP contribution in [0.15, 0.2) is 0 Å². The largest absolute Gasteiger partial charge is 0.481 e. The highest BCUT2D eigenvalue weighted by Gasteiger charge is 2.42. The fraction of sp³-hybridized carbons (Fsp3) is 0.923. The van der Waals surface area contributed by atoms with Crippen molar-refractivity contribution < 1.29 is 19.4 Å². The fourth-order valence-corrected chi connectivity index (χ4v) is 2.93. The molecule has 0 bridgehead atoms. The van der Waals surface area contributed by atoms with E-state index < -0.39 is 11.4 Å². The molecule has 0 aromatic carbocycles. The molecule has 2 fully saturated rings. The molecule has 0 aliphatic carbocycles. The number of ether oxygens (including phenoxy) is 2. The highest BCUT2D eigenvalue weighted by Crippen LogP contribution is 2.32. The van der Waals surface area contributed by atoms with Gasteiger partial charge in [0.15, 0.2) is 0 Å². The van der Waals surface area contributed by atoms with Gasteiger partial charge in [-0.25, -0.2) is 0 Å². The Morgan fingerprint density at radius 1 is 1.22 bits per heavy atom. The summed E-state index contributed by atoms with van der Waals surface area (Å²) in [4.78, 5) is 13.8. The third-order valence-electron chi connectivity index (χ3n) is 4.27. The summed E-state index contributed by atoms with van der Waals surface area (Å²) in [7, 11) is 2.04. The first-order valence-electron chi connectivity index (χ1n) is 6.73. The lowest BCUT2D eigenvalue weighted by atomic mass is 9.79.